The summed E-state index contributed by atoms with van der Waals surface area (Å²) in [5.74, 6) is 0.322. The summed E-state index contributed by atoms with van der Waals surface area (Å²) >= 11 is 0. The van der Waals surface area contributed by atoms with Gasteiger partial charge in [0.1, 0.15) is 5.10 Å². The lowest BCUT2D eigenvalue weighted by atomic mass is 10.1. The molecule has 0 saturated carbocycles. The van der Waals surface area contributed by atoms with Crippen LogP contribution in [0.25, 0.3) is 0 Å². The Balaban J connectivity index is 2.39. The van der Waals surface area contributed by atoms with Gasteiger partial charge in [0.2, 0.25) is 0 Å². The molecule has 14 heavy (non-hydrogen) atoms. The van der Waals surface area contributed by atoms with E-state index in [0.717, 1.165) is 13.0 Å². The Morgan fingerprint density at radius 2 is 2.57 bits per heavy atom. The molecular formula is C7H14N4O3. The molecule has 0 aromatic carbocycles. The second-order valence-electron chi connectivity index (χ2n) is 3.31. The van der Waals surface area contributed by atoms with Crippen LogP contribution in [-0.4, -0.2) is 42.7 Å². The lowest BCUT2D eigenvalue weighted by Crippen LogP contribution is -2.38. The molecule has 1 aliphatic heterocycles. The normalized spacial score (nSPS) is 22.4. The zero-order chi connectivity index (χ0) is 10.6. The molecular weight excluding hydrogens is 188 g/mol. The average Bonchev–Trinajstić information content (AvgIpc) is 2.55. The number of nitrogens with two attached hydrogens (primary N) is 1. The minimum absolute atomic E-state index is 0.0677. The van der Waals surface area contributed by atoms with E-state index in [1.54, 1.807) is 11.9 Å². The highest BCUT2D eigenvalue weighted by atomic mass is 16.7. The third-order valence-electron chi connectivity index (χ3n) is 2.13. The highest BCUT2D eigenvalue weighted by molar-refractivity contribution is 5.77. The van der Waals surface area contributed by atoms with Gasteiger partial charge in [-0.15, -0.1) is 0 Å². The van der Waals surface area contributed by atoms with Crippen LogP contribution in [0.3, 0.4) is 0 Å². The first-order chi connectivity index (χ1) is 6.59. The lowest BCUT2D eigenvalue weighted by Gasteiger charge is -2.18. The van der Waals surface area contributed by atoms with E-state index in [9.17, 15) is 10.1 Å². The number of nitro groups is 1. The molecule has 1 aliphatic rings. The molecule has 1 fully saturated rings. The van der Waals surface area contributed by atoms with Gasteiger partial charge in [0.25, 0.3) is 5.96 Å². The largest absolute Gasteiger partial charge is 0.381 e. The highest BCUT2D eigenvalue weighted by Crippen LogP contribution is 2.12. The highest BCUT2D eigenvalue weighted by Gasteiger charge is 2.19. The number of hydrazone groups is 1. The van der Waals surface area contributed by atoms with Gasteiger partial charge in [0, 0.05) is 26.1 Å². The van der Waals surface area contributed by atoms with E-state index >= 15 is 0 Å². The number of ether oxygens (including phenoxy) is 1. The Morgan fingerprint density at radius 1 is 1.86 bits per heavy atom. The van der Waals surface area contributed by atoms with Crippen molar-refractivity contribution >= 4 is 5.96 Å². The molecule has 1 atom stereocenters. The average molecular weight is 202 g/mol. The van der Waals surface area contributed by atoms with Gasteiger partial charge in [0.05, 0.1) is 6.61 Å². The Bertz CT molecular complexity index is 237. The van der Waals surface area contributed by atoms with Crippen molar-refractivity contribution in [1.82, 2.24) is 4.90 Å². The second-order valence-corrected chi connectivity index (χ2v) is 3.31. The Morgan fingerprint density at radius 3 is 3.07 bits per heavy atom. The van der Waals surface area contributed by atoms with E-state index in [0.29, 0.717) is 19.1 Å². The number of rotatable bonds is 3. The fourth-order valence-corrected chi connectivity index (χ4v) is 1.37. The molecule has 0 amide bonds. The van der Waals surface area contributed by atoms with Crippen molar-refractivity contribution in [1.29, 1.82) is 0 Å². The van der Waals surface area contributed by atoms with Crippen molar-refractivity contribution in [2.75, 3.05) is 26.8 Å². The summed E-state index contributed by atoms with van der Waals surface area (Å²) in [6, 6.07) is 0. The van der Waals surface area contributed by atoms with Gasteiger partial charge in [0.15, 0.2) is 5.03 Å². The van der Waals surface area contributed by atoms with Gasteiger partial charge < -0.3 is 15.4 Å². The number of hydrogen-bond donors (Lipinski definition) is 1. The minimum atomic E-state index is -0.795. The number of hydrogen-bond acceptors (Lipinski definition) is 3. The smallest absolute Gasteiger partial charge is 0.268 e. The summed E-state index contributed by atoms with van der Waals surface area (Å²) in [4.78, 5) is 11.6. The third kappa shape index (κ3) is 3.17. The van der Waals surface area contributed by atoms with E-state index in [4.69, 9.17) is 10.5 Å². The summed E-state index contributed by atoms with van der Waals surface area (Å²) in [7, 11) is 1.68. The van der Waals surface area contributed by atoms with Gasteiger partial charge in [-0.05, 0) is 6.42 Å². The number of nitrogens with zero attached hydrogens (tertiary/aromatic N) is 3. The topological polar surface area (TPSA) is 94.0 Å². The summed E-state index contributed by atoms with van der Waals surface area (Å²) in [6.07, 6.45) is 0.968. The van der Waals surface area contributed by atoms with E-state index < -0.39 is 5.03 Å². The standard InChI is InChI=1S/C7H14N4O3/c1-10(7(8)9-11(12)13)4-6-2-3-14-5-6/h6H,2-5H2,1H3,(H2,8,9). The van der Waals surface area contributed by atoms with Gasteiger partial charge >= 0.3 is 0 Å². The molecule has 0 bridgehead atoms. The van der Waals surface area contributed by atoms with Gasteiger partial charge in [-0.1, -0.05) is 0 Å². The van der Waals surface area contributed by atoms with Crippen molar-refractivity contribution < 1.29 is 9.77 Å². The molecule has 7 nitrogen and oxygen atoms in total. The minimum Gasteiger partial charge on any atom is -0.381 e. The van der Waals surface area contributed by atoms with Crippen LogP contribution in [0.4, 0.5) is 0 Å². The molecule has 1 unspecified atom stereocenters. The van der Waals surface area contributed by atoms with Crippen LogP contribution in [0, 0.1) is 16.0 Å². The van der Waals surface area contributed by atoms with Crippen LogP contribution in [0.5, 0.6) is 0 Å². The molecule has 0 aromatic heterocycles. The van der Waals surface area contributed by atoms with Gasteiger partial charge in [-0.3, -0.25) is 0 Å². The Hall–Kier alpha value is -1.37. The molecule has 0 aliphatic carbocycles. The van der Waals surface area contributed by atoms with E-state index in [-0.39, 0.29) is 5.96 Å². The predicted molar refractivity (Wildman–Crippen MR) is 50.2 cm³/mol. The van der Waals surface area contributed by atoms with Crippen molar-refractivity contribution in [3.63, 3.8) is 0 Å². The molecule has 80 valence electrons. The molecule has 1 rings (SSSR count). The molecule has 2 N–H and O–H groups in total. The van der Waals surface area contributed by atoms with Crippen LogP contribution in [0.15, 0.2) is 5.10 Å². The summed E-state index contributed by atoms with van der Waals surface area (Å²) in [5, 5.41) is 12.3. The van der Waals surface area contributed by atoms with E-state index in [2.05, 4.69) is 5.10 Å². The maximum absolute atomic E-state index is 10.0. The maximum atomic E-state index is 10.0. The predicted octanol–water partition coefficient (Wildman–Crippen LogP) is -0.539. The van der Waals surface area contributed by atoms with Gasteiger partial charge in [-0.25, -0.2) is 10.1 Å². The summed E-state index contributed by atoms with van der Waals surface area (Å²) in [5.41, 5.74) is 5.39. The summed E-state index contributed by atoms with van der Waals surface area (Å²) in [6.45, 7) is 2.09. The summed E-state index contributed by atoms with van der Waals surface area (Å²) < 4.78 is 5.18. The maximum Gasteiger partial charge on any atom is 0.268 e. The molecule has 1 heterocycles. The zero-order valence-corrected chi connectivity index (χ0v) is 8.05. The van der Waals surface area contributed by atoms with Crippen LogP contribution >= 0.6 is 0 Å². The first-order valence-electron chi connectivity index (χ1n) is 4.37. The van der Waals surface area contributed by atoms with Crippen molar-refractivity contribution in [3.8, 4) is 0 Å². The van der Waals surface area contributed by atoms with Crippen LogP contribution in [0.1, 0.15) is 6.42 Å². The van der Waals surface area contributed by atoms with Crippen molar-refractivity contribution in [2.45, 2.75) is 6.42 Å². The first-order valence-corrected chi connectivity index (χ1v) is 4.37. The Kier molecular flexibility index (Phi) is 3.63. The molecule has 0 radical (unpaired) electrons. The second kappa shape index (κ2) is 4.75. The lowest BCUT2D eigenvalue weighted by molar-refractivity contribution is -0.485. The van der Waals surface area contributed by atoms with Crippen molar-refractivity contribution in [2.24, 2.45) is 16.8 Å². The molecule has 0 aromatic rings. The molecule has 0 spiro atoms. The van der Waals surface area contributed by atoms with E-state index in [1.165, 1.54) is 0 Å². The molecule has 1 saturated heterocycles. The fraction of sp³-hybridized carbons (Fsp3) is 0.857. The van der Waals surface area contributed by atoms with E-state index in [1.807, 2.05) is 0 Å². The number of guanidine groups is 1. The quantitative estimate of drug-likeness (QED) is 0.287. The first kappa shape index (κ1) is 10.7. The van der Waals surface area contributed by atoms with Crippen molar-refractivity contribution in [3.05, 3.63) is 10.1 Å². The molecule has 7 heteroatoms. The van der Waals surface area contributed by atoms with Crippen LogP contribution < -0.4 is 5.73 Å². The van der Waals surface area contributed by atoms with Crippen LogP contribution in [-0.2, 0) is 4.74 Å². The fourth-order valence-electron chi connectivity index (χ4n) is 1.37. The van der Waals surface area contributed by atoms with Crippen LogP contribution in [0.2, 0.25) is 0 Å². The Labute approximate surface area is 81.7 Å². The third-order valence-corrected chi connectivity index (χ3v) is 2.13. The van der Waals surface area contributed by atoms with Gasteiger partial charge in [-0.2, -0.15) is 0 Å². The SMILES string of the molecule is CN(CC1CCOC1)C(N)=N[N+](=O)[O-]. The monoisotopic (exact) mass is 202 g/mol. The zero-order valence-electron chi connectivity index (χ0n) is 8.05.